The van der Waals surface area contributed by atoms with Gasteiger partial charge in [0.1, 0.15) is 12.2 Å². The summed E-state index contributed by atoms with van der Waals surface area (Å²) < 4.78 is 11.9. The van der Waals surface area contributed by atoms with Crippen LogP contribution in [0.25, 0.3) is 6.08 Å². The van der Waals surface area contributed by atoms with Gasteiger partial charge in [-0.15, -0.1) is 0 Å². The van der Waals surface area contributed by atoms with E-state index in [4.69, 9.17) is 15.0 Å². The first-order valence-corrected chi connectivity index (χ1v) is 5.97. The van der Waals surface area contributed by atoms with Crippen LogP contribution < -0.4 is 5.73 Å². The molecular weight excluding hydrogens is 231 g/mol. The van der Waals surface area contributed by atoms with Gasteiger partial charge in [-0.25, -0.2) is 4.98 Å². The van der Waals surface area contributed by atoms with Crippen LogP contribution in [-0.4, -0.2) is 40.0 Å². The third-order valence-electron chi connectivity index (χ3n) is 3.55. The minimum atomic E-state index is -0.440. The second-order valence-electron chi connectivity index (χ2n) is 5.38. The van der Waals surface area contributed by atoms with Gasteiger partial charge in [0.25, 0.3) is 0 Å². The molecule has 1 fully saturated rings. The van der Waals surface area contributed by atoms with E-state index < -0.39 is 7.12 Å². The maximum atomic E-state index is 5.93. The highest BCUT2D eigenvalue weighted by atomic mass is 16.7. The van der Waals surface area contributed by atoms with Crippen LogP contribution in [0.4, 0.5) is 0 Å². The zero-order valence-corrected chi connectivity index (χ0v) is 11.2. The summed E-state index contributed by atoms with van der Waals surface area (Å²) in [6.45, 7) is 8.38. The highest BCUT2D eigenvalue weighted by Gasteiger charge is 2.52. The molecule has 3 N–H and O–H groups in total. The molecule has 7 heteroatoms. The molecule has 2 rings (SSSR count). The van der Waals surface area contributed by atoms with E-state index in [1.807, 2.05) is 33.8 Å². The lowest BCUT2D eigenvalue weighted by Gasteiger charge is -2.32. The predicted molar refractivity (Wildman–Crippen MR) is 69.5 cm³/mol. The largest absolute Gasteiger partial charge is 0.491 e. The highest BCUT2D eigenvalue weighted by molar-refractivity contribution is 6.55. The van der Waals surface area contributed by atoms with Gasteiger partial charge in [0.15, 0.2) is 0 Å². The van der Waals surface area contributed by atoms with E-state index in [0.29, 0.717) is 12.4 Å². The van der Waals surface area contributed by atoms with Crippen molar-refractivity contribution in [2.45, 2.75) is 38.9 Å². The summed E-state index contributed by atoms with van der Waals surface area (Å²) in [6, 6.07) is 0. The van der Waals surface area contributed by atoms with Gasteiger partial charge in [-0.05, 0) is 39.2 Å². The summed E-state index contributed by atoms with van der Waals surface area (Å²) in [4.78, 5) is 4.04. The first-order valence-electron chi connectivity index (χ1n) is 5.97. The van der Waals surface area contributed by atoms with Crippen LogP contribution in [0.2, 0.25) is 0 Å². The Kier molecular flexibility index (Phi) is 3.31. The number of nitrogens with zero attached hydrogens (tertiary/aromatic N) is 2. The van der Waals surface area contributed by atoms with Gasteiger partial charge in [-0.3, -0.25) is 5.10 Å². The lowest BCUT2D eigenvalue weighted by molar-refractivity contribution is 0.00578. The predicted octanol–water partition coefficient (Wildman–Crippen LogP) is 0.778. The molecule has 0 spiro atoms. The number of H-pyrrole nitrogens is 1. The first-order chi connectivity index (χ1) is 8.36. The third-order valence-corrected chi connectivity index (χ3v) is 3.55. The van der Waals surface area contributed by atoms with Crippen LogP contribution in [0.5, 0.6) is 0 Å². The molecule has 18 heavy (non-hydrogen) atoms. The lowest BCUT2D eigenvalue weighted by atomic mass is 9.78. The zero-order valence-electron chi connectivity index (χ0n) is 11.2. The molecule has 0 amide bonds. The molecule has 0 atom stereocenters. The van der Waals surface area contributed by atoms with Gasteiger partial charge in [-0.1, -0.05) is 0 Å². The Morgan fingerprint density at radius 2 is 2.00 bits per heavy atom. The monoisotopic (exact) mass is 250 g/mol. The molecule has 0 radical (unpaired) electrons. The fraction of sp³-hybridized carbons (Fsp3) is 0.636. The van der Waals surface area contributed by atoms with Crippen molar-refractivity contribution in [2.75, 3.05) is 6.54 Å². The van der Waals surface area contributed by atoms with Gasteiger partial charge < -0.3 is 15.0 Å². The quantitative estimate of drug-likeness (QED) is 0.774. The number of hydrogen-bond donors (Lipinski definition) is 2. The molecule has 98 valence electrons. The van der Waals surface area contributed by atoms with Crippen LogP contribution in [0.1, 0.15) is 33.5 Å². The molecule has 0 bridgehead atoms. The molecule has 1 aromatic rings. The van der Waals surface area contributed by atoms with Crippen molar-refractivity contribution in [3.05, 3.63) is 17.6 Å². The van der Waals surface area contributed by atoms with Crippen LogP contribution in [0, 0.1) is 0 Å². The van der Waals surface area contributed by atoms with Crippen LogP contribution in [0.3, 0.4) is 0 Å². The zero-order chi connectivity index (χ0) is 13.4. The number of aromatic nitrogens is 3. The normalized spacial score (nSPS) is 22.5. The smallest absolute Gasteiger partial charge is 0.400 e. The molecule has 2 heterocycles. The SMILES string of the molecule is CC1(C)OB(C(=Cc2ncn[nH]2)CN)OC1(C)C. The molecule has 1 aliphatic heterocycles. The van der Waals surface area contributed by atoms with E-state index in [0.717, 1.165) is 5.47 Å². The molecule has 1 aromatic heterocycles. The molecule has 0 aliphatic carbocycles. The molecule has 0 unspecified atom stereocenters. The average Bonchev–Trinajstić information content (AvgIpc) is 2.82. The average molecular weight is 250 g/mol. The number of aromatic amines is 1. The number of nitrogens with two attached hydrogens (primary N) is 1. The molecule has 1 aliphatic rings. The molecule has 1 saturated heterocycles. The van der Waals surface area contributed by atoms with E-state index in [1.165, 1.54) is 6.33 Å². The van der Waals surface area contributed by atoms with Gasteiger partial charge >= 0.3 is 7.12 Å². The molecule has 6 nitrogen and oxygen atoms in total. The fourth-order valence-electron chi connectivity index (χ4n) is 1.68. The summed E-state index contributed by atoms with van der Waals surface area (Å²) in [7, 11) is -0.440. The van der Waals surface area contributed by atoms with Crippen LogP contribution >= 0.6 is 0 Å². The Morgan fingerprint density at radius 3 is 2.44 bits per heavy atom. The van der Waals surface area contributed by atoms with E-state index in [-0.39, 0.29) is 11.2 Å². The Balaban J connectivity index is 2.22. The molecule has 0 saturated carbocycles. The summed E-state index contributed by atoms with van der Waals surface area (Å²) in [5.74, 6) is 0.644. The molecular formula is C11H19BN4O2. The minimum Gasteiger partial charge on any atom is -0.400 e. The van der Waals surface area contributed by atoms with Gasteiger partial charge in [0.05, 0.1) is 11.2 Å². The van der Waals surface area contributed by atoms with Crippen LogP contribution in [-0.2, 0) is 9.31 Å². The maximum Gasteiger partial charge on any atom is 0.491 e. The van der Waals surface area contributed by atoms with Gasteiger partial charge in [-0.2, -0.15) is 5.10 Å². The van der Waals surface area contributed by atoms with Crippen molar-refractivity contribution in [1.82, 2.24) is 15.2 Å². The third kappa shape index (κ3) is 2.34. The molecule has 0 aromatic carbocycles. The Bertz CT molecular complexity index is 426. The minimum absolute atomic E-state index is 0.345. The Labute approximate surface area is 107 Å². The van der Waals surface area contributed by atoms with Crippen molar-refractivity contribution >= 4 is 13.2 Å². The lowest BCUT2D eigenvalue weighted by Crippen LogP contribution is -2.41. The van der Waals surface area contributed by atoms with Crippen molar-refractivity contribution in [2.24, 2.45) is 5.73 Å². The van der Waals surface area contributed by atoms with Crippen molar-refractivity contribution < 1.29 is 9.31 Å². The van der Waals surface area contributed by atoms with E-state index in [9.17, 15) is 0 Å². The standard InChI is InChI=1S/C11H19BN4O2/c1-10(2)11(3,4)18-12(17-10)8(6-13)5-9-14-7-15-16-9/h5,7H,6,13H2,1-4H3,(H,14,15,16). The van der Waals surface area contributed by atoms with Crippen LogP contribution in [0.15, 0.2) is 11.8 Å². The van der Waals surface area contributed by atoms with Gasteiger partial charge in [0.2, 0.25) is 0 Å². The van der Waals surface area contributed by atoms with E-state index in [1.54, 1.807) is 0 Å². The number of nitrogens with one attached hydrogen (secondary N) is 1. The van der Waals surface area contributed by atoms with Crippen molar-refractivity contribution in [3.63, 3.8) is 0 Å². The number of hydrogen-bond acceptors (Lipinski definition) is 5. The maximum absolute atomic E-state index is 5.93. The van der Waals surface area contributed by atoms with Crippen molar-refractivity contribution in [1.29, 1.82) is 0 Å². The second kappa shape index (κ2) is 4.49. The van der Waals surface area contributed by atoms with Crippen molar-refractivity contribution in [3.8, 4) is 0 Å². The fourth-order valence-corrected chi connectivity index (χ4v) is 1.68. The first kappa shape index (κ1) is 13.3. The summed E-state index contributed by atoms with van der Waals surface area (Å²) in [5, 5.41) is 6.55. The Hall–Kier alpha value is -1.18. The summed E-state index contributed by atoms with van der Waals surface area (Å²) >= 11 is 0. The second-order valence-corrected chi connectivity index (χ2v) is 5.38. The van der Waals surface area contributed by atoms with Gasteiger partial charge in [0, 0.05) is 6.54 Å². The summed E-state index contributed by atoms with van der Waals surface area (Å²) in [5.41, 5.74) is 5.86. The topological polar surface area (TPSA) is 86.1 Å². The van der Waals surface area contributed by atoms with E-state index >= 15 is 0 Å². The van der Waals surface area contributed by atoms with E-state index in [2.05, 4.69) is 15.2 Å². The highest BCUT2D eigenvalue weighted by Crippen LogP contribution is 2.38. The summed E-state index contributed by atoms with van der Waals surface area (Å²) in [6.07, 6.45) is 3.26. The Morgan fingerprint density at radius 1 is 1.39 bits per heavy atom. The number of rotatable bonds is 3.